The first-order chi connectivity index (χ1) is 8.65. The van der Waals surface area contributed by atoms with Crippen molar-refractivity contribution in [2.24, 2.45) is 10.8 Å². The number of aryl methyl sites for hydroxylation is 1. The number of rotatable bonds is 2. The molecule has 3 N–H and O–H groups in total. The lowest BCUT2D eigenvalue weighted by Crippen LogP contribution is -2.27. The molecule has 19 heavy (non-hydrogen) atoms. The molecule has 0 spiro atoms. The van der Waals surface area contributed by atoms with Gasteiger partial charge in [-0.2, -0.15) is 0 Å². The minimum atomic E-state index is -0.526. The van der Waals surface area contributed by atoms with Gasteiger partial charge in [-0.1, -0.05) is 0 Å². The van der Waals surface area contributed by atoms with Crippen molar-refractivity contribution in [3.63, 3.8) is 0 Å². The first-order valence-electron chi connectivity index (χ1n) is 6.01. The lowest BCUT2D eigenvalue weighted by Gasteiger charge is -2.19. The van der Waals surface area contributed by atoms with Gasteiger partial charge in [-0.15, -0.1) is 11.3 Å². The van der Waals surface area contributed by atoms with Gasteiger partial charge in [0.2, 0.25) is 0 Å². The number of hydrogen-bond donors (Lipinski definition) is 2. The summed E-state index contributed by atoms with van der Waals surface area (Å²) in [6.07, 6.45) is 0. The van der Waals surface area contributed by atoms with Crippen molar-refractivity contribution in [3.05, 3.63) is 16.0 Å². The highest BCUT2D eigenvalue weighted by atomic mass is 32.1. The van der Waals surface area contributed by atoms with Crippen LogP contribution in [0.25, 0.3) is 0 Å². The molecule has 0 radical (unpaired) electrons. The molecule has 0 aromatic carbocycles. The number of amidine groups is 1. The molecule has 106 valence electrons. The van der Waals surface area contributed by atoms with Gasteiger partial charge in [0.1, 0.15) is 16.4 Å². The monoisotopic (exact) mass is 283 g/mol. The standard InChI is InChI=1S/C13H21N3O2S/c1-7-8(2)19-11(15-9(3)16-14)10(7)12(17)18-13(4,5)6/h14H2,1-6H3,(H,15,16). The Morgan fingerprint density at radius 3 is 2.42 bits per heavy atom. The topological polar surface area (TPSA) is 76.7 Å². The SMILES string of the molecule is C/C(=N/c1sc(C)c(C)c1C(=O)OC(C)(C)C)NN. The van der Waals surface area contributed by atoms with Crippen LogP contribution in [0, 0.1) is 13.8 Å². The van der Waals surface area contributed by atoms with Crippen molar-refractivity contribution in [2.75, 3.05) is 0 Å². The molecule has 1 aromatic rings. The maximum atomic E-state index is 12.2. The van der Waals surface area contributed by atoms with Crippen LogP contribution in [0.3, 0.4) is 0 Å². The second-order valence-corrected chi connectivity index (χ2v) is 6.51. The molecule has 0 saturated heterocycles. The predicted molar refractivity (Wildman–Crippen MR) is 79.1 cm³/mol. The third-order valence-corrected chi connectivity index (χ3v) is 3.55. The van der Waals surface area contributed by atoms with E-state index >= 15 is 0 Å². The fourth-order valence-electron chi connectivity index (χ4n) is 1.44. The molecule has 1 aromatic heterocycles. The summed E-state index contributed by atoms with van der Waals surface area (Å²) in [4.78, 5) is 17.6. The number of carbonyl (C=O) groups excluding carboxylic acids is 1. The highest BCUT2D eigenvalue weighted by Crippen LogP contribution is 2.36. The van der Waals surface area contributed by atoms with Crippen molar-refractivity contribution < 1.29 is 9.53 Å². The molecule has 0 atom stereocenters. The zero-order chi connectivity index (χ0) is 14.8. The molecule has 0 bridgehead atoms. The average molecular weight is 283 g/mol. The van der Waals surface area contributed by atoms with E-state index in [1.54, 1.807) is 6.92 Å². The lowest BCUT2D eigenvalue weighted by atomic mass is 10.1. The van der Waals surface area contributed by atoms with Crippen molar-refractivity contribution in [1.29, 1.82) is 0 Å². The number of ether oxygens (including phenoxy) is 1. The van der Waals surface area contributed by atoms with Crippen LogP contribution in [-0.4, -0.2) is 17.4 Å². The van der Waals surface area contributed by atoms with E-state index in [-0.39, 0.29) is 5.97 Å². The van der Waals surface area contributed by atoms with Gasteiger partial charge < -0.3 is 10.2 Å². The number of carbonyl (C=O) groups is 1. The van der Waals surface area contributed by atoms with E-state index in [4.69, 9.17) is 10.6 Å². The van der Waals surface area contributed by atoms with E-state index in [1.165, 1.54) is 11.3 Å². The van der Waals surface area contributed by atoms with Gasteiger partial charge in [-0.05, 0) is 47.1 Å². The van der Waals surface area contributed by atoms with Crippen LogP contribution in [0.5, 0.6) is 0 Å². The van der Waals surface area contributed by atoms with Gasteiger partial charge in [-0.3, -0.25) is 0 Å². The number of esters is 1. The van der Waals surface area contributed by atoms with E-state index in [2.05, 4.69) is 10.4 Å². The molecule has 0 aliphatic rings. The van der Waals surface area contributed by atoms with E-state index < -0.39 is 5.60 Å². The first-order valence-corrected chi connectivity index (χ1v) is 6.82. The Hall–Kier alpha value is -1.40. The van der Waals surface area contributed by atoms with Crippen molar-refractivity contribution in [1.82, 2.24) is 5.43 Å². The van der Waals surface area contributed by atoms with Gasteiger partial charge in [0, 0.05) is 4.88 Å². The zero-order valence-electron chi connectivity index (χ0n) is 12.2. The first kappa shape index (κ1) is 15.7. The summed E-state index contributed by atoms with van der Waals surface area (Å²) >= 11 is 1.46. The van der Waals surface area contributed by atoms with Gasteiger partial charge in [0.05, 0.1) is 5.56 Å². The Bertz CT molecular complexity index is 513. The quantitative estimate of drug-likeness (QED) is 0.288. The molecular weight excluding hydrogens is 262 g/mol. The summed E-state index contributed by atoms with van der Waals surface area (Å²) in [7, 11) is 0. The Morgan fingerprint density at radius 2 is 1.95 bits per heavy atom. The fraction of sp³-hybridized carbons (Fsp3) is 0.538. The van der Waals surface area contributed by atoms with Crippen LogP contribution < -0.4 is 11.3 Å². The number of aliphatic imine (C=N–C) groups is 1. The maximum absolute atomic E-state index is 12.2. The second-order valence-electron chi connectivity index (χ2n) is 5.31. The van der Waals surface area contributed by atoms with Crippen LogP contribution in [0.15, 0.2) is 4.99 Å². The smallest absolute Gasteiger partial charge is 0.342 e. The van der Waals surface area contributed by atoms with Crippen LogP contribution in [0.2, 0.25) is 0 Å². The van der Waals surface area contributed by atoms with E-state index in [9.17, 15) is 4.79 Å². The van der Waals surface area contributed by atoms with Crippen LogP contribution in [0.4, 0.5) is 5.00 Å². The number of nitrogens with two attached hydrogens (primary N) is 1. The van der Waals surface area contributed by atoms with Gasteiger partial charge in [-0.25, -0.2) is 15.6 Å². The third kappa shape index (κ3) is 4.04. The summed E-state index contributed by atoms with van der Waals surface area (Å²) in [5.41, 5.74) is 3.36. The van der Waals surface area contributed by atoms with Crippen LogP contribution >= 0.6 is 11.3 Å². The highest BCUT2D eigenvalue weighted by molar-refractivity contribution is 7.16. The van der Waals surface area contributed by atoms with Gasteiger partial charge in [0.15, 0.2) is 0 Å². The molecule has 0 aliphatic heterocycles. The van der Waals surface area contributed by atoms with E-state index in [0.29, 0.717) is 16.4 Å². The summed E-state index contributed by atoms with van der Waals surface area (Å²) < 4.78 is 5.42. The molecule has 6 heteroatoms. The molecule has 0 unspecified atom stereocenters. The molecule has 0 aliphatic carbocycles. The normalized spacial score (nSPS) is 12.5. The molecule has 0 amide bonds. The number of nitrogens with zero attached hydrogens (tertiary/aromatic N) is 1. The number of nitrogens with one attached hydrogen (secondary N) is 1. The fourth-order valence-corrected chi connectivity index (χ4v) is 2.51. The summed E-state index contributed by atoms with van der Waals surface area (Å²) in [6, 6.07) is 0. The maximum Gasteiger partial charge on any atom is 0.342 e. The van der Waals surface area contributed by atoms with Crippen LogP contribution in [0.1, 0.15) is 48.5 Å². The Balaban J connectivity index is 3.22. The predicted octanol–water partition coefficient (Wildman–Crippen LogP) is 2.83. The highest BCUT2D eigenvalue weighted by Gasteiger charge is 2.25. The van der Waals surface area contributed by atoms with E-state index in [0.717, 1.165) is 10.4 Å². The summed E-state index contributed by atoms with van der Waals surface area (Å²) in [5, 5.41) is 0.625. The molecule has 1 rings (SSSR count). The summed E-state index contributed by atoms with van der Waals surface area (Å²) in [6.45, 7) is 11.1. The zero-order valence-corrected chi connectivity index (χ0v) is 13.1. The average Bonchev–Trinajstić information content (AvgIpc) is 2.52. The Kier molecular flexibility index (Phi) is 4.70. The Labute approximate surface area is 117 Å². The molecule has 0 fully saturated rings. The van der Waals surface area contributed by atoms with Gasteiger partial charge in [0.25, 0.3) is 0 Å². The largest absolute Gasteiger partial charge is 0.456 e. The number of thiophene rings is 1. The summed E-state index contributed by atoms with van der Waals surface area (Å²) in [5.74, 6) is 5.50. The minimum absolute atomic E-state index is 0.349. The number of hydrazine groups is 1. The molecule has 5 nitrogen and oxygen atoms in total. The minimum Gasteiger partial charge on any atom is -0.456 e. The molecular formula is C13H21N3O2S. The second kappa shape index (κ2) is 5.71. The Morgan fingerprint density at radius 1 is 1.37 bits per heavy atom. The molecule has 0 saturated carbocycles. The van der Waals surface area contributed by atoms with E-state index in [1.807, 2.05) is 34.6 Å². The van der Waals surface area contributed by atoms with Crippen molar-refractivity contribution >= 4 is 28.1 Å². The van der Waals surface area contributed by atoms with Crippen molar-refractivity contribution in [2.45, 2.75) is 47.1 Å². The lowest BCUT2D eigenvalue weighted by molar-refractivity contribution is 0.00703. The van der Waals surface area contributed by atoms with Gasteiger partial charge >= 0.3 is 5.97 Å². The third-order valence-electron chi connectivity index (χ3n) is 2.45. The molecule has 1 heterocycles. The van der Waals surface area contributed by atoms with Crippen LogP contribution in [-0.2, 0) is 4.74 Å². The van der Waals surface area contributed by atoms with Crippen molar-refractivity contribution in [3.8, 4) is 0 Å². The number of hydrogen-bond acceptors (Lipinski definition) is 5.